The number of nitrogens with zero attached hydrogens (tertiary/aromatic N) is 2. The first kappa shape index (κ1) is 20.4. The molecular weight excluding hydrogens is 390 g/mol. The molecule has 0 fully saturated rings. The molecule has 3 aromatic rings. The number of hydrogen-bond donors (Lipinski definition) is 2. The number of hydrogen-bond acceptors (Lipinski definition) is 3. The molecule has 1 amide bonds. The van der Waals surface area contributed by atoms with Crippen LogP contribution in [0.3, 0.4) is 0 Å². The van der Waals surface area contributed by atoms with E-state index >= 15 is 0 Å². The number of carboxylic acid groups (broad SMARTS) is 1. The normalized spacial score (nSPS) is 11.0. The molecule has 3 rings (SSSR count). The van der Waals surface area contributed by atoms with Crippen molar-refractivity contribution in [2.24, 2.45) is 4.99 Å². The third kappa shape index (κ3) is 4.55. The number of carboxylic acids is 1. The largest absolute Gasteiger partial charge is 0.478 e. The van der Waals surface area contributed by atoms with Gasteiger partial charge in [-0.25, -0.2) is 4.79 Å². The van der Waals surface area contributed by atoms with E-state index in [2.05, 4.69) is 10.3 Å². The lowest BCUT2D eigenvalue weighted by Crippen LogP contribution is -2.04. The fourth-order valence-electron chi connectivity index (χ4n) is 3.11. The van der Waals surface area contributed by atoms with Gasteiger partial charge in [0.2, 0.25) is 5.91 Å². The lowest BCUT2D eigenvalue weighted by molar-refractivity contribution is -0.114. The van der Waals surface area contributed by atoms with Crippen molar-refractivity contribution in [1.29, 1.82) is 0 Å². The first-order chi connectivity index (χ1) is 13.8. The van der Waals surface area contributed by atoms with Crippen LogP contribution in [0, 0.1) is 13.8 Å². The predicted octanol–water partition coefficient (Wildman–Crippen LogP) is 5.15. The summed E-state index contributed by atoms with van der Waals surface area (Å²) < 4.78 is 1.96. The standard InChI is InChI=1S/C22H20ClN3O3/c1-13-10-16(12-24-17-4-6-18(7-5-17)25-15(3)27)14(2)26(13)19-8-9-21(23)20(11-19)22(28)29/h4-12H,1-3H3,(H,25,27)(H,28,29). The van der Waals surface area contributed by atoms with Crippen molar-refractivity contribution in [3.63, 3.8) is 0 Å². The van der Waals surface area contributed by atoms with E-state index < -0.39 is 5.97 Å². The highest BCUT2D eigenvalue weighted by Gasteiger charge is 2.14. The van der Waals surface area contributed by atoms with Crippen LogP contribution in [-0.2, 0) is 4.79 Å². The number of aromatic carboxylic acids is 1. The number of rotatable bonds is 5. The van der Waals surface area contributed by atoms with Gasteiger partial charge < -0.3 is 15.0 Å². The van der Waals surface area contributed by atoms with Crippen LogP contribution in [0.2, 0.25) is 5.02 Å². The summed E-state index contributed by atoms with van der Waals surface area (Å²) in [6.07, 6.45) is 1.76. The third-order valence-electron chi connectivity index (χ3n) is 4.45. The molecule has 0 saturated heterocycles. The van der Waals surface area contributed by atoms with Crippen LogP contribution < -0.4 is 5.32 Å². The number of amides is 1. The molecule has 0 aliphatic rings. The number of nitrogens with one attached hydrogen (secondary N) is 1. The molecule has 0 unspecified atom stereocenters. The van der Waals surface area contributed by atoms with Crippen molar-refractivity contribution in [3.8, 4) is 5.69 Å². The summed E-state index contributed by atoms with van der Waals surface area (Å²) in [5.41, 5.74) is 5.05. The quantitative estimate of drug-likeness (QED) is 0.571. The minimum absolute atomic E-state index is 0.0612. The Hall–Kier alpha value is -3.38. The topological polar surface area (TPSA) is 83.7 Å². The van der Waals surface area contributed by atoms with Gasteiger partial charge in [0.1, 0.15) is 0 Å². The Morgan fingerprint density at radius 1 is 1.10 bits per heavy atom. The first-order valence-electron chi connectivity index (χ1n) is 8.90. The number of aliphatic imine (C=N–C) groups is 1. The average molecular weight is 410 g/mol. The Bertz CT molecular complexity index is 1120. The minimum atomic E-state index is -1.07. The van der Waals surface area contributed by atoms with Crippen molar-refractivity contribution < 1.29 is 14.7 Å². The minimum Gasteiger partial charge on any atom is -0.478 e. The third-order valence-corrected chi connectivity index (χ3v) is 4.78. The fourth-order valence-corrected chi connectivity index (χ4v) is 3.31. The molecule has 2 N–H and O–H groups in total. The van der Waals surface area contributed by atoms with Gasteiger partial charge in [0.05, 0.1) is 16.3 Å². The first-order valence-corrected chi connectivity index (χ1v) is 9.28. The number of anilines is 1. The summed E-state index contributed by atoms with van der Waals surface area (Å²) in [6.45, 7) is 5.35. The van der Waals surface area contributed by atoms with Crippen LogP contribution >= 0.6 is 11.6 Å². The van der Waals surface area contributed by atoms with E-state index in [9.17, 15) is 14.7 Å². The molecule has 0 aliphatic heterocycles. The van der Waals surface area contributed by atoms with Crippen molar-refractivity contribution in [2.75, 3.05) is 5.32 Å². The van der Waals surface area contributed by atoms with Crippen molar-refractivity contribution in [2.45, 2.75) is 20.8 Å². The van der Waals surface area contributed by atoms with E-state index in [0.29, 0.717) is 5.69 Å². The lowest BCUT2D eigenvalue weighted by atomic mass is 10.2. The highest BCUT2D eigenvalue weighted by molar-refractivity contribution is 6.33. The zero-order valence-corrected chi connectivity index (χ0v) is 17.0. The van der Waals surface area contributed by atoms with Crippen molar-refractivity contribution in [1.82, 2.24) is 4.57 Å². The number of carbonyl (C=O) groups excluding carboxylic acids is 1. The van der Waals surface area contributed by atoms with Gasteiger partial charge in [0.25, 0.3) is 0 Å². The number of halogens is 1. The zero-order valence-electron chi connectivity index (χ0n) is 16.2. The molecule has 7 heteroatoms. The van der Waals surface area contributed by atoms with E-state index in [-0.39, 0.29) is 16.5 Å². The second-order valence-electron chi connectivity index (χ2n) is 6.62. The van der Waals surface area contributed by atoms with Crippen molar-refractivity contribution in [3.05, 3.63) is 76.1 Å². The monoisotopic (exact) mass is 409 g/mol. The van der Waals surface area contributed by atoms with E-state index in [1.54, 1.807) is 36.5 Å². The maximum absolute atomic E-state index is 11.4. The van der Waals surface area contributed by atoms with Gasteiger partial charge in [-0.15, -0.1) is 0 Å². The van der Waals surface area contributed by atoms with E-state index in [1.807, 2.05) is 36.6 Å². The Kier molecular flexibility index (Phi) is 5.84. The molecule has 0 spiro atoms. The predicted molar refractivity (Wildman–Crippen MR) is 115 cm³/mol. The van der Waals surface area contributed by atoms with Gasteiger partial charge >= 0.3 is 5.97 Å². The summed E-state index contributed by atoms with van der Waals surface area (Å²) in [5, 5.41) is 12.2. The summed E-state index contributed by atoms with van der Waals surface area (Å²) in [6, 6.07) is 14.1. The molecule has 0 aliphatic carbocycles. The van der Waals surface area contributed by atoms with Crippen LogP contribution in [0.4, 0.5) is 11.4 Å². The Balaban J connectivity index is 1.90. The zero-order chi connectivity index (χ0) is 21.1. The highest BCUT2D eigenvalue weighted by Crippen LogP contribution is 2.25. The summed E-state index contributed by atoms with van der Waals surface area (Å²) in [7, 11) is 0. The summed E-state index contributed by atoms with van der Waals surface area (Å²) >= 11 is 5.99. The number of carbonyl (C=O) groups is 2. The van der Waals surface area contributed by atoms with E-state index in [0.717, 1.165) is 28.3 Å². The molecule has 0 bridgehead atoms. The average Bonchev–Trinajstić information content (AvgIpc) is 2.94. The SMILES string of the molecule is CC(=O)Nc1ccc(N=Cc2cc(C)n(-c3ccc(Cl)c(C(=O)O)c3)c2C)cc1. The molecule has 2 aromatic carbocycles. The smallest absolute Gasteiger partial charge is 0.337 e. The van der Waals surface area contributed by atoms with E-state index in [4.69, 9.17) is 11.6 Å². The van der Waals surface area contributed by atoms with Crippen LogP contribution in [0.5, 0.6) is 0 Å². The van der Waals surface area contributed by atoms with E-state index in [1.165, 1.54) is 6.92 Å². The molecule has 0 radical (unpaired) electrons. The van der Waals surface area contributed by atoms with Crippen LogP contribution in [0.1, 0.15) is 34.2 Å². The molecule has 0 atom stereocenters. The highest BCUT2D eigenvalue weighted by atomic mass is 35.5. The molecular formula is C22H20ClN3O3. The van der Waals surface area contributed by atoms with Crippen LogP contribution in [0.25, 0.3) is 5.69 Å². The van der Waals surface area contributed by atoms with Gasteiger partial charge in [-0.05, 0) is 62.4 Å². The maximum Gasteiger partial charge on any atom is 0.337 e. The number of benzene rings is 2. The number of aryl methyl sites for hydroxylation is 1. The Labute approximate surface area is 173 Å². The van der Waals surface area contributed by atoms with Gasteiger partial charge in [-0.1, -0.05) is 11.6 Å². The molecule has 148 valence electrons. The van der Waals surface area contributed by atoms with Crippen LogP contribution in [0.15, 0.2) is 53.5 Å². The second-order valence-corrected chi connectivity index (χ2v) is 7.02. The summed E-state index contributed by atoms with van der Waals surface area (Å²) in [4.78, 5) is 27.0. The molecule has 1 aromatic heterocycles. The molecule has 0 saturated carbocycles. The van der Waals surface area contributed by atoms with Crippen molar-refractivity contribution >= 4 is 41.1 Å². The second kappa shape index (κ2) is 8.32. The van der Waals surface area contributed by atoms with Crippen LogP contribution in [-0.4, -0.2) is 27.8 Å². The maximum atomic E-state index is 11.4. The molecule has 1 heterocycles. The lowest BCUT2D eigenvalue weighted by Gasteiger charge is -2.11. The number of aromatic nitrogens is 1. The summed E-state index contributed by atoms with van der Waals surface area (Å²) in [5.74, 6) is -1.19. The van der Waals surface area contributed by atoms with Gasteiger partial charge in [-0.2, -0.15) is 0 Å². The Morgan fingerprint density at radius 2 is 1.79 bits per heavy atom. The van der Waals surface area contributed by atoms with Gasteiger partial charge in [0.15, 0.2) is 0 Å². The van der Waals surface area contributed by atoms with Gasteiger partial charge in [0, 0.05) is 41.5 Å². The van der Waals surface area contributed by atoms with Gasteiger partial charge in [-0.3, -0.25) is 9.79 Å². The molecule has 29 heavy (non-hydrogen) atoms. The fraction of sp³-hybridized carbons (Fsp3) is 0.136. The Morgan fingerprint density at radius 3 is 2.41 bits per heavy atom. The molecule has 6 nitrogen and oxygen atoms in total.